The third-order valence-corrected chi connectivity index (χ3v) is 6.74. The van der Waals surface area contributed by atoms with E-state index in [9.17, 15) is 4.79 Å². The summed E-state index contributed by atoms with van der Waals surface area (Å²) >= 11 is 12.0. The van der Waals surface area contributed by atoms with Gasteiger partial charge in [0.2, 0.25) is 6.79 Å². The van der Waals surface area contributed by atoms with Crippen LogP contribution in [-0.2, 0) is 0 Å². The molecule has 1 N–H and O–H groups in total. The highest BCUT2D eigenvalue weighted by Gasteiger charge is 2.34. The van der Waals surface area contributed by atoms with Gasteiger partial charge in [0.1, 0.15) is 11.5 Å². The third kappa shape index (κ3) is 5.11. The first kappa shape index (κ1) is 24.2. The molecule has 0 spiro atoms. The molecule has 0 radical (unpaired) electrons. The van der Waals surface area contributed by atoms with Gasteiger partial charge in [0.25, 0.3) is 0 Å². The minimum Gasteiger partial charge on any atom is -0.457 e. The van der Waals surface area contributed by atoms with Crippen LogP contribution in [0.15, 0.2) is 96.1 Å². The average molecular weight is 546 g/mol. The van der Waals surface area contributed by atoms with Crippen molar-refractivity contribution in [3.63, 3.8) is 0 Å². The molecule has 0 fully saturated rings. The van der Waals surface area contributed by atoms with Crippen LogP contribution in [0.1, 0.15) is 23.6 Å². The molecule has 4 aromatic carbocycles. The van der Waals surface area contributed by atoms with Gasteiger partial charge in [-0.05, 0) is 83.9 Å². The zero-order valence-electron chi connectivity index (χ0n) is 19.9. The van der Waals surface area contributed by atoms with Gasteiger partial charge in [0, 0.05) is 22.2 Å². The van der Waals surface area contributed by atoms with Crippen LogP contribution >= 0.6 is 23.2 Å². The van der Waals surface area contributed by atoms with E-state index in [1.54, 1.807) is 48.5 Å². The number of carbonyl (C=O) groups is 1. The summed E-state index contributed by atoms with van der Waals surface area (Å²) in [7, 11) is 0. The molecule has 0 saturated carbocycles. The lowest BCUT2D eigenvalue weighted by Crippen LogP contribution is -2.31. The first-order chi connectivity index (χ1) is 18.5. The van der Waals surface area contributed by atoms with E-state index >= 15 is 0 Å². The maximum atomic E-state index is 13.5. The van der Waals surface area contributed by atoms with Gasteiger partial charge in [-0.15, -0.1) is 0 Å². The summed E-state index contributed by atoms with van der Waals surface area (Å²) in [5.74, 6) is 2.63. The lowest BCUT2D eigenvalue weighted by molar-refractivity contribution is 0.173. The van der Waals surface area contributed by atoms with E-state index in [2.05, 4.69) is 5.32 Å². The second-order valence-corrected chi connectivity index (χ2v) is 9.61. The van der Waals surface area contributed by atoms with E-state index in [4.69, 9.17) is 42.5 Å². The van der Waals surface area contributed by atoms with Gasteiger partial charge in [0.05, 0.1) is 11.8 Å². The van der Waals surface area contributed by atoms with Gasteiger partial charge in [-0.1, -0.05) is 41.4 Å². The second-order valence-electron chi connectivity index (χ2n) is 8.74. The zero-order chi connectivity index (χ0) is 26.1. The predicted octanol–water partition coefficient (Wildman–Crippen LogP) is 7.90. The molecule has 6 rings (SSSR count). The fraction of sp³-hybridized carbons (Fsp3) is 0.103. The van der Waals surface area contributed by atoms with E-state index < -0.39 is 0 Å². The molecule has 0 saturated heterocycles. The number of fused-ring (bicyclic) bond motifs is 1. The SMILES string of the molecule is O=C(Nc1ccc(Oc2ccc(Cl)cc2)cc1)N1N=C(c2ccc(Cl)cc2)CC1c1ccc2c(c1)OCO2. The number of nitrogens with one attached hydrogen (secondary N) is 1. The summed E-state index contributed by atoms with van der Waals surface area (Å²) in [6.07, 6.45) is 0.530. The Bertz CT molecular complexity index is 1510. The van der Waals surface area contributed by atoms with Gasteiger partial charge in [-0.25, -0.2) is 9.80 Å². The lowest BCUT2D eigenvalue weighted by Gasteiger charge is -2.22. The summed E-state index contributed by atoms with van der Waals surface area (Å²) < 4.78 is 16.9. The van der Waals surface area contributed by atoms with Gasteiger partial charge >= 0.3 is 6.03 Å². The molecule has 2 aliphatic heterocycles. The molecular formula is C29H21Cl2N3O4. The molecule has 0 aliphatic carbocycles. The first-order valence-corrected chi connectivity index (χ1v) is 12.6. The molecule has 2 amide bonds. The number of carbonyl (C=O) groups excluding carboxylic acids is 1. The number of nitrogens with zero attached hydrogens (tertiary/aromatic N) is 2. The number of hydrogen-bond acceptors (Lipinski definition) is 5. The van der Waals surface area contributed by atoms with Crippen molar-refractivity contribution in [1.29, 1.82) is 0 Å². The molecule has 1 atom stereocenters. The predicted molar refractivity (Wildman–Crippen MR) is 147 cm³/mol. The fourth-order valence-electron chi connectivity index (χ4n) is 4.32. The molecule has 9 heteroatoms. The second kappa shape index (κ2) is 10.3. The minimum atomic E-state index is -0.358. The first-order valence-electron chi connectivity index (χ1n) is 11.9. The topological polar surface area (TPSA) is 72.4 Å². The molecule has 0 aromatic heterocycles. The molecule has 4 aromatic rings. The summed E-state index contributed by atoms with van der Waals surface area (Å²) in [4.78, 5) is 13.5. The Labute approximate surface area is 229 Å². The number of hydrazone groups is 1. The van der Waals surface area contributed by atoms with E-state index in [-0.39, 0.29) is 18.9 Å². The number of rotatable bonds is 5. The normalized spacial score (nSPS) is 15.8. The zero-order valence-corrected chi connectivity index (χ0v) is 21.4. The number of ether oxygens (including phenoxy) is 3. The van der Waals surface area contributed by atoms with Crippen molar-refractivity contribution in [2.75, 3.05) is 12.1 Å². The van der Waals surface area contributed by atoms with Crippen LogP contribution in [0, 0.1) is 0 Å². The van der Waals surface area contributed by atoms with Gasteiger partial charge in [-0.3, -0.25) is 0 Å². The average Bonchev–Trinajstić information content (AvgIpc) is 3.59. The van der Waals surface area contributed by atoms with E-state index in [0.717, 1.165) is 16.8 Å². The maximum Gasteiger partial charge on any atom is 0.342 e. The highest BCUT2D eigenvalue weighted by atomic mass is 35.5. The Balaban J connectivity index is 1.22. The summed E-state index contributed by atoms with van der Waals surface area (Å²) in [5, 5.41) is 10.4. The largest absolute Gasteiger partial charge is 0.457 e. The quantitative estimate of drug-likeness (QED) is 0.276. The Morgan fingerprint density at radius 1 is 0.842 bits per heavy atom. The fourth-order valence-corrected chi connectivity index (χ4v) is 4.57. The van der Waals surface area contributed by atoms with Crippen LogP contribution in [-0.4, -0.2) is 23.5 Å². The van der Waals surface area contributed by atoms with Crippen molar-refractivity contribution in [2.45, 2.75) is 12.5 Å². The van der Waals surface area contributed by atoms with E-state index in [1.807, 2.05) is 42.5 Å². The number of anilines is 1. The Kier molecular flexibility index (Phi) is 6.54. The van der Waals surface area contributed by atoms with Crippen molar-refractivity contribution in [3.8, 4) is 23.0 Å². The van der Waals surface area contributed by atoms with Crippen molar-refractivity contribution in [3.05, 3.63) is 112 Å². The molecule has 1 unspecified atom stereocenters. The van der Waals surface area contributed by atoms with Gasteiger partial charge < -0.3 is 19.5 Å². The molecule has 38 heavy (non-hydrogen) atoms. The Hall–Kier alpha value is -4.20. The third-order valence-electron chi connectivity index (χ3n) is 6.23. The van der Waals surface area contributed by atoms with Crippen molar-refractivity contribution < 1.29 is 19.0 Å². The van der Waals surface area contributed by atoms with Gasteiger partial charge in [0.15, 0.2) is 11.5 Å². The summed E-state index contributed by atoms with van der Waals surface area (Å²) in [6.45, 7) is 0.178. The maximum absolute atomic E-state index is 13.5. The highest BCUT2D eigenvalue weighted by Crippen LogP contribution is 2.39. The number of urea groups is 1. The van der Waals surface area contributed by atoms with E-state index in [1.165, 1.54) is 5.01 Å². The molecule has 2 heterocycles. The van der Waals surface area contributed by atoms with E-state index in [0.29, 0.717) is 45.2 Å². The summed E-state index contributed by atoms with van der Waals surface area (Å²) in [6, 6.07) is 26.6. The van der Waals surface area contributed by atoms with Crippen molar-refractivity contribution in [1.82, 2.24) is 5.01 Å². The number of amides is 2. The van der Waals surface area contributed by atoms with Crippen LogP contribution in [0.5, 0.6) is 23.0 Å². The van der Waals surface area contributed by atoms with Crippen molar-refractivity contribution in [2.24, 2.45) is 5.10 Å². The van der Waals surface area contributed by atoms with Crippen LogP contribution in [0.3, 0.4) is 0 Å². The molecule has 190 valence electrons. The molecule has 0 bridgehead atoms. The summed E-state index contributed by atoms with van der Waals surface area (Å²) in [5.41, 5.74) is 3.19. The molecular weight excluding hydrogens is 525 g/mol. The Morgan fingerprint density at radius 2 is 1.47 bits per heavy atom. The Morgan fingerprint density at radius 3 is 2.18 bits per heavy atom. The smallest absolute Gasteiger partial charge is 0.342 e. The monoisotopic (exact) mass is 545 g/mol. The lowest BCUT2D eigenvalue weighted by atomic mass is 9.98. The number of benzene rings is 4. The van der Waals surface area contributed by atoms with Gasteiger partial charge in [-0.2, -0.15) is 5.10 Å². The molecule has 2 aliphatic rings. The molecule has 7 nitrogen and oxygen atoms in total. The van der Waals surface area contributed by atoms with Crippen molar-refractivity contribution >= 4 is 40.6 Å². The van der Waals surface area contributed by atoms with Crippen LogP contribution < -0.4 is 19.5 Å². The number of hydrogen-bond donors (Lipinski definition) is 1. The van der Waals surface area contributed by atoms with Crippen LogP contribution in [0.2, 0.25) is 10.0 Å². The minimum absolute atomic E-state index is 0.178. The highest BCUT2D eigenvalue weighted by molar-refractivity contribution is 6.31. The van der Waals surface area contributed by atoms with Crippen LogP contribution in [0.25, 0.3) is 0 Å². The van der Waals surface area contributed by atoms with Crippen LogP contribution in [0.4, 0.5) is 10.5 Å². The standard InChI is InChI=1S/C29H21Cl2N3O4/c30-20-4-1-18(2-5-20)25-16-26(19-3-14-27-28(15-19)37-17-36-27)34(33-25)29(35)32-22-8-12-24(13-9-22)38-23-10-6-21(31)7-11-23/h1-15,26H,16-17H2,(H,32,35). The number of halogens is 2.